The molecule has 0 aromatic heterocycles. The average molecular weight is 311 g/mol. The molecule has 0 aromatic rings. The number of rotatable bonds is 6. The van der Waals surface area contributed by atoms with Gasteiger partial charge in [0.2, 0.25) is 0 Å². The molecule has 0 aliphatic heterocycles. The molecule has 0 radical (unpaired) electrons. The van der Waals surface area contributed by atoms with Gasteiger partial charge in [-0.2, -0.15) is 16.8 Å². The molecule has 0 aromatic carbocycles. The highest BCUT2D eigenvalue weighted by Gasteiger charge is 2.17. The minimum Gasteiger partial charge on any atom is -0.327 e. The Balaban J connectivity index is 0. The van der Waals surface area contributed by atoms with Crippen LogP contribution in [0.25, 0.3) is 0 Å². The van der Waals surface area contributed by atoms with E-state index in [4.69, 9.17) is 0 Å². The maximum Gasteiger partial charge on any atom is 0.387 e. The standard InChI is InChI=1S/C8H20N.F2HNO4S2/c1-5-8-9(4,6-2)7-3;1-8(4,5)3-9(2,6)7/h5-8H2,1-4H3;3H/q+1;. The Morgan fingerprint density at radius 1 is 0.944 bits per heavy atom. The van der Waals surface area contributed by atoms with E-state index in [-0.39, 0.29) is 4.13 Å². The Bertz CT molecular complexity index is 388. The summed E-state index contributed by atoms with van der Waals surface area (Å²) >= 11 is 0. The van der Waals surface area contributed by atoms with Crippen LogP contribution in [-0.2, 0) is 20.8 Å². The summed E-state index contributed by atoms with van der Waals surface area (Å²) in [6, 6.07) is 0. The normalized spacial score (nSPS) is 12.8. The lowest BCUT2D eigenvalue weighted by Crippen LogP contribution is -2.43. The number of hydrogen-bond donors (Lipinski definition) is 1. The van der Waals surface area contributed by atoms with Gasteiger partial charge in [0.05, 0.1) is 26.7 Å². The Morgan fingerprint density at radius 2 is 1.28 bits per heavy atom. The zero-order valence-electron chi connectivity index (χ0n) is 11.0. The van der Waals surface area contributed by atoms with E-state index >= 15 is 0 Å². The van der Waals surface area contributed by atoms with E-state index in [0.717, 1.165) is 0 Å². The largest absolute Gasteiger partial charge is 0.387 e. The van der Waals surface area contributed by atoms with Gasteiger partial charge in [0.15, 0.2) is 0 Å². The minimum absolute atomic E-state index is 0.0694. The van der Waals surface area contributed by atoms with Gasteiger partial charge < -0.3 is 4.48 Å². The molecule has 0 aliphatic carbocycles. The van der Waals surface area contributed by atoms with Crippen LogP contribution >= 0.6 is 0 Å². The van der Waals surface area contributed by atoms with Crippen molar-refractivity contribution in [1.82, 2.24) is 4.13 Å². The highest BCUT2D eigenvalue weighted by atomic mass is 32.3. The van der Waals surface area contributed by atoms with Crippen LogP contribution < -0.4 is 4.13 Å². The lowest BCUT2D eigenvalue weighted by Gasteiger charge is -2.31. The van der Waals surface area contributed by atoms with Crippen LogP contribution in [0, 0.1) is 0 Å². The number of halogens is 2. The summed E-state index contributed by atoms with van der Waals surface area (Å²) in [5.74, 6) is 0. The number of hydrogen-bond acceptors (Lipinski definition) is 4. The lowest BCUT2D eigenvalue weighted by molar-refractivity contribution is -0.906. The summed E-state index contributed by atoms with van der Waals surface area (Å²) in [7, 11) is -8.67. The molecule has 0 amide bonds. The first-order valence-electron chi connectivity index (χ1n) is 5.40. The fourth-order valence-electron chi connectivity index (χ4n) is 1.20. The molecule has 0 atom stereocenters. The third kappa shape index (κ3) is 13.7. The van der Waals surface area contributed by atoms with E-state index in [9.17, 15) is 24.6 Å². The predicted molar refractivity (Wildman–Crippen MR) is 65.6 cm³/mol. The molecule has 0 spiro atoms. The number of nitrogens with zero attached hydrogens (tertiary/aromatic N) is 1. The molecule has 0 bridgehead atoms. The third-order valence-electron chi connectivity index (χ3n) is 2.49. The van der Waals surface area contributed by atoms with E-state index in [1.165, 1.54) is 30.5 Å². The van der Waals surface area contributed by atoms with Crippen molar-refractivity contribution in [3.63, 3.8) is 0 Å². The SMILES string of the molecule is CCC[N+](C)(CC)CC.O=S(=O)(F)NS(=O)(=O)F. The smallest absolute Gasteiger partial charge is 0.327 e. The molecule has 0 heterocycles. The molecule has 112 valence electrons. The minimum atomic E-state index is -5.49. The second kappa shape index (κ2) is 7.97. The summed E-state index contributed by atoms with van der Waals surface area (Å²) in [5.41, 5.74) is 0. The molecule has 0 saturated heterocycles. The Morgan fingerprint density at radius 3 is 1.33 bits per heavy atom. The molecule has 0 aliphatic rings. The van der Waals surface area contributed by atoms with Crippen LogP contribution in [0.3, 0.4) is 0 Å². The van der Waals surface area contributed by atoms with Crippen LogP contribution in [0.5, 0.6) is 0 Å². The van der Waals surface area contributed by atoms with Crippen molar-refractivity contribution in [2.75, 3.05) is 26.7 Å². The van der Waals surface area contributed by atoms with Gasteiger partial charge >= 0.3 is 20.8 Å². The molecule has 10 heteroatoms. The molecule has 1 N–H and O–H groups in total. The zero-order valence-corrected chi connectivity index (χ0v) is 12.6. The van der Waals surface area contributed by atoms with Crippen molar-refractivity contribution in [3.05, 3.63) is 0 Å². The van der Waals surface area contributed by atoms with Crippen LogP contribution in [0.1, 0.15) is 27.2 Å². The summed E-state index contributed by atoms with van der Waals surface area (Å²) in [4.78, 5) is 0. The molecular formula is C8H21F2N2O4S2+. The van der Waals surface area contributed by atoms with Crippen LogP contribution in [-0.4, -0.2) is 48.0 Å². The number of nitrogens with one attached hydrogen (secondary N) is 1. The van der Waals surface area contributed by atoms with Crippen molar-refractivity contribution >= 4 is 20.8 Å². The Labute approximate surface area is 108 Å². The highest BCUT2D eigenvalue weighted by molar-refractivity contribution is 7.99. The van der Waals surface area contributed by atoms with Crippen LogP contribution in [0.15, 0.2) is 0 Å². The van der Waals surface area contributed by atoms with Crippen molar-refractivity contribution in [3.8, 4) is 0 Å². The van der Waals surface area contributed by atoms with Gasteiger partial charge in [0.25, 0.3) is 0 Å². The molecule has 18 heavy (non-hydrogen) atoms. The Hall–Kier alpha value is -0.320. The quantitative estimate of drug-likeness (QED) is 0.583. The molecule has 0 rings (SSSR count). The van der Waals surface area contributed by atoms with Crippen molar-refractivity contribution in [1.29, 1.82) is 0 Å². The molecular weight excluding hydrogens is 290 g/mol. The lowest BCUT2D eigenvalue weighted by atomic mass is 10.3. The zero-order chi connectivity index (χ0) is 15.0. The van der Waals surface area contributed by atoms with E-state index in [2.05, 4.69) is 27.8 Å². The predicted octanol–water partition coefficient (Wildman–Crippen LogP) is 0.887. The maximum atomic E-state index is 11.1. The van der Waals surface area contributed by atoms with Crippen molar-refractivity contribution < 1.29 is 29.1 Å². The van der Waals surface area contributed by atoms with Gasteiger partial charge in [-0.05, 0) is 20.3 Å². The van der Waals surface area contributed by atoms with Crippen LogP contribution in [0.2, 0.25) is 0 Å². The van der Waals surface area contributed by atoms with E-state index in [1.807, 2.05) is 0 Å². The molecule has 6 nitrogen and oxygen atoms in total. The summed E-state index contributed by atoms with van der Waals surface area (Å²) < 4.78 is 60.6. The van der Waals surface area contributed by atoms with Crippen molar-refractivity contribution in [2.45, 2.75) is 27.2 Å². The van der Waals surface area contributed by atoms with Gasteiger partial charge in [0, 0.05) is 0 Å². The van der Waals surface area contributed by atoms with E-state index in [0.29, 0.717) is 0 Å². The average Bonchev–Trinajstić information content (AvgIpc) is 2.13. The third-order valence-corrected chi connectivity index (χ3v) is 4.08. The van der Waals surface area contributed by atoms with E-state index < -0.39 is 20.8 Å². The molecule has 0 fully saturated rings. The Kier molecular flexibility index (Phi) is 8.86. The first-order chi connectivity index (χ1) is 7.89. The van der Waals surface area contributed by atoms with Gasteiger partial charge in [-0.25, -0.2) is 0 Å². The van der Waals surface area contributed by atoms with Gasteiger partial charge in [-0.3, -0.25) is 0 Å². The second-order valence-electron chi connectivity index (χ2n) is 3.93. The number of quaternary nitrogens is 1. The fourth-order valence-corrected chi connectivity index (χ4v) is 2.15. The van der Waals surface area contributed by atoms with Gasteiger partial charge in [0.1, 0.15) is 0 Å². The summed E-state index contributed by atoms with van der Waals surface area (Å²) in [5, 5.41) is 0. The van der Waals surface area contributed by atoms with Crippen LogP contribution in [0.4, 0.5) is 7.77 Å². The molecule has 0 unspecified atom stereocenters. The topological polar surface area (TPSA) is 80.3 Å². The highest BCUT2D eigenvalue weighted by Crippen LogP contribution is 2.01. The first-order valence-corrected chi connectivity index (χ1v) is 8.17. The second-order valence-corrected chi connectivity index (χ2v) is 6.35. The molecule has 0 saturated carbocycles. The van der Waals surface area contributed by atoms with E-state index in [1.54, 1.807) is 0 Å². The first kappa shape index (κ1) is 20.0. The van der Waals surface area contributed by atoms with Gasteiger partial charge in [-0.1, -0.05) is 18.8 Å². The van der Waals surface area contributed by atoms with Gasteiger partial charge in [-0.15, -0.1) is 0 Å². The monoisotopic (exact) mass is 311 g/mol. The fraction of sp³-hybridized carbons (Fsp3) is 1.00. The van der Waals surface area contributed by atoms with Crippen molar-refractivity contribution in [2.24, 2.45) is 0 Å². The maximum absolute atomic E-state index is 11.1. The summed E-state index contributed by atoms with van der Waals surface area (Å²) in [6.07, 6.45) is 1.30. The summed E-state index contributed by atoms with van der Waals surface area (Å²) in [6.45, 7) is 10.6.